The first-order valence-corrected chi connectivity index (χ1v) is 7.85. The van der Waals surface area contributed by atoms with Gasteiger partial charge in [0.1, 0.15) is 0 Å². The van der Waals surface area contributed by atoms with Crippen molar-refractivity contribution < 1.29 is 0 Å². The summed E-state index contributed by atoms with van der Waals surface area (Å²) in [5, 5.41) is 2.63. The van der Waals surface area contributed by atoms with Crippen molar-refractivity contribution in [2.45, 2.75) is 19.8 Å². The van der Waals surface area contributed by atoms with Gasteiger partial charge in [-0.3, -0.25) is 0 Å². The molecule has 1 nitrogen and oxygen atoms in total. The number of hydrogen-bond acceptors (Lipinski definition) is 0. The van der Waals surface area contributed by atoms with Crippen LogP contribution in [-0.4, -0.2) is 4.57 Å². The summed E-state index contributed by atoms with van der Waals surface area (Å²) in [6.07, 6.45) is 0. The lowest BCUT2D eigenvalue weighted by atomic mass is 10.0. The van der Waals surface area contributed by atoms with E-state index in [1.165, 1.54) is 33.1 Å². The molecule has 0 bridgehead atoms. The minimum atomic E-state index is 0.496. The minimum Gasteiger partial charge on any atom is -0.309 e. The van der Waals surface area contributed by atoms with Gasteiger partial charge in [0, 0.05) is 16.5 Å². The molecule has 0 amide bonds. The van der Waals surface area contributed by atoms with Crippen LogP contribution < -0.4 is 0 Å². The zero-order valence-corrected chi connectivity index (χ0v) is 13.0. The minimum absolute atomic E-state index is 0.496. The first kappa shape index (κ1) is 13.1. The fourth-order valence-corrected chi connectivity index (χ4v) is 3.36. The molecule has 3 aromatic carbocycles. The average molecular weight is 285 g/mol. The van der Waals surface area contributed by atoms with Crippen molar-refractivity contribution in [2.24, 2.45) is 0 Å². The Hall–Kier alpha value is -2.54. The summed E-state index contributed by atoms with van der Waals surface area (Å²) in [5.41, 5.74) is 5.22. The van der Waals surface area contributed by atoms with Crippen LogP contribution in [0.5, 0.6) is 0 Å². The molecule has 22 heavy (non-hydrogen) atoms. The fraction of sp³-hybridized carbons (Fsp3) is 0.143. The number of benzene rings is 3. The zero-order chi connectivity index (χ0) is 15.1. The molecule has 4 rings (SSSR count). The lowest BCUT2D eigenvalue weighted by Gasteiger charge is -2.15. The molecule has 1 heteroatoms. The van der Waals surface area contributed by atoms with E-state index in [1.54, 1.807) is 0 Å². The van der Waals surface area contributed by atoms with E-state index in [0.29, 0.717) is 5.92 Å². The van der Waals surface area contributed by atoms with E-state index in [0.717, 1.165) is 0 Å². The molecule has 0 aliphatic rings. The van der Waals surface area contributed by atoms with Gasteiger partial charge in [-0.15, -0.1) is 0 Å². The summed E-state index contributed by atoms with van der Waals surface area (Å²) in [6.45, 7) is 4.51. The molecule has 0 saturated heterocycles. The number of aromatic nitrogens is 1. The summed E-state index contributed by atoms with van der Waals surface area (Å²) in [7, 11) is 0. The maximum absolute atomic E-state index is 2.40. The molecule has 0 N–H and O–H groups in total. The Kier molecular flexibility index (Phi) is 3.00. The Morgan fingerprint density at radius 2 is 1.14 bits per heavy atom. The molecule has 0 saturated carbocycles. The Labute approximate surface area is 130 Å². The topological polar surface area (TPSA) is 4.93 Å². The molecule has 0 spiro atoms. The van der Waals surface area contributed by atoms with Crippen LogP contribution in [-0.2, 0) is 0 Å². The summed E-state index contributed by atoms with van der Waals surface area (Å²) in [4.78, 5) is 0. The molecule has 0 aliphatic carbocycles. The van der Waals surface area contributed by atoms with Crippen LogP contribution in [0.3, 0.4) is 0 Å². The van der Waals surface area contributed by atoms with E-state index in [2.05, 4.69) is 91.2 Å². The van der Waals surface area contributed by atoms with Crippen molar-refractivity contribution in [1.29, 1.82) is 0 Å². The predicted octanol–water partition coefficient (Wildman–Crippen LogP) is 5.91. The molecule has 0 fully saturated rings. The summed E-state index contributed by atoms with van der Waals surface area (Å²) < 4.78 is 2.40. The third-order valence-corrected chi connectivity index (χ3v) is 4.38. The van der Waals surface area contributed by atoms with Gasteiger partial charge in [0.2, 0.25) is 0 Å². The number of fused-ring (bicyclic) bond motifs is 3. The molecule has 1 heterocycles. The van der Waals surface area contributed by atoms with Crippen molar-refractivity contribution in [3.8, 4) is 5.69 Å². The SMILES string of the molecule is CC(C)c1ccccc1-n1c2ccccc2c2ccccc21. The van der Waals surface area contributed by atoms with Crippen LogP contribution in [0.25, 0.3) is 27.5 Å². The van der Waals surface area contributed by atoms with Gasteiger partial charge in [-0.05, 0) is 29.7 Å². The third kappa shape index (κ3) is 1.86. The number of para-hydroxylation sites is 3. The molecular formula is C21H19N. The van der Waals surface area contributed by atoms with Gasteiger partial charge in [-0.2, -0.15) is 0 Å². The Balaban J connectivity index is 2.19. The first-order valence-electron chi connectivity index (χ1n) is 7.85. The Bertz CT molecular complexity index is 907. The molecule has 0 radical (unpaired) electrons. The quantitative estimate of drug-likeness (QED) is 0.431. The molecule has 0 unspecified atom stereocenters. The van der Waals surface area contributed by atoms with E-state index >= 15 is 0 Å². The largest absolute Gasteiger partial charge is 0.309 e. The van der Waals surface area contributed by atoms with Gasteiger partial charge in [0.15, 0.2) is 0 Å². The van der Waals surface area contributed by atoms with E-state index in [-0.39, 0.29) is 0 Å². The monoisotopic (exact) mass is 285 g/mol. The second kappa shape index (κ2) is 5.03. The summed E-state index contributed by atoms with van der Waals surface area (Å²) >= 11 is 0. The van der Waals surface area contributed by atoms with E-state index in [4.69, 9.17) is 0 Å². The molecule has 0 atom stereocenters. The fourth-order valence-electron chi connectivity index (χ4n) is 3.36. The summed E-state index contributed by atoms with van der Waals surface area (Å²) in [5.74, 6) is 0.496. The van der Waals surface area contributed by atoms with Crippen molar-refractivity contribution in [1.82, 2.24) is 4.57 Å². The normalized spacial score (nSPS) is 11.6. The molecule has 0 aliphatic heterocycles. The van der Waals surface area contributed by atoms with Crippen LogP contribution in [0, 0.1) is 0 Å². The Morgan fingerprint density at radius 1 is 0.636 bits per heavy atom. The van der Waals surface area contributed by atoms with Gasteiger partial charge < -0.3 is 4.57 Å². The van der Waals surface area contributed by atoms with Gasteiger partial charge in [-0.1, -0.05) is 68.4 Å². The zero-order valence-electron chi connectivity index (χ0n) is 13.0. The molecule has 1 aromatic heterocycles. The molecular weight excluding hydrogens is 266 g/mol. The van der Waals surface area contributed by atoms with E-state index in [9.17, 15) is 0 Å². The number of rotatable bonds is 2. The maximum Gasteiger partial charge on any atom is 0.0541 e. The number of nitrogens with zero attached hydrogens (tertiary/aromatic N) is 1. The van der Waals surface area contributed by atoms with Gasteiger partial charge in [-0.25, -0.2) is 0 Å². The Morgan fingerprint density at radius 3 is 1.73 bits per heavy atom. The lowest BCUT2D eigenvalue weighted by molar-refractivity contribution is 0.854. The first-order chi connectivity index (χ1) is 10.8. The van der Waals surface area contributed by atoms with Crippen LogP contribution in [0.4, 0.5) is 0 Å². The number of hydrogen-bond donors (Lipinski definition) is 0. The smallest absolute Gasteiger partial charge is 0.0541 e. The van der Waals surface area contributed by atoms with E-state index < -0.39 is 0 Å². The maximum atomic E-state index is 2.40. The highest BCUT2D eigenvalue weighted by Gasteiger charge is 2.14. The van der Waals surface area contributed by atoms with Crippen LogP contribution in [0.1, 0.15) is 25.3 Å². The second-order valence-corrected chi connectivity index (χ2v) is 6.08. The third-order valence-electron chi connectivity index (χ3n) is 4.38. The van der Waals surface area contributed by atoms with Gasteiger partial charge in [0.25, 0.3) is 0 Å². The highest BCUT2D eigenvalue weighted by molar-refractivity contribution is 6.09. The standard InChI is InChI=1S/C21H19N/c1-15(2)16-9-3-6-12-19(16)22-20-13-7-4-10-17(20)18-11-5-8-14-21(18)22/h3-15H,1-2H3. The molecule has 4 aromatic rings. The van der Waals surface area contributed by atoms with Crippen molar-refractivity contribution >= 4 is 21.8 Å². The second-order valence-electron chi connectivity index (χ2n) is 6.08. The van der Waals surface area contributed by atoms with Crippen LogP contribution in [0.2, 0.25) is 0 Å². The van der Waals surface area contributed by atoms with Crippen LogP contribution in [0.15, 0.2) is 72.8 Å². The van der Waals surface area contributed by atoms with Gasteiger partial charge >= 0.3 is 0 Å². The van der Waals surface area contributed by atoms with Crippen molar-refractivity contribution in [3.63, 3.8) is 0 Å². The van der Waals surface area contributed by atoms with Crippen molar-refractivity contribution in [3.05, 3.63) is 78.4 Å². The van der Waals surface area contributed by atoms with E-state index in [1.807, 2.05) is 0 Å². The predicted molar refractivity (Wildman–Crippen MR) is 94.9 cm³/mol. The lowest BCUT2D eigenvalue weighted by Crippen LogP contribution is -2.00. The highest BCUT2D eigenvalue weighted by atomic mass is 15.0. The van der Waals surface area contributed by atoms with Gasteiger partial charge in [0.05, 0.1) is 11.0 Å². The van der Waals surface area contributed by atoms with Crippen molar-refractivity contribution in [2.75, 3.05) is 0 Å². The summed E-state index contributed by atoms with van der Waals surface area (Å²) in [6, 6.07) is 26.1. The van der Waals surface area contributed by atoms with Crippen LogP contribution >= 0.6 is 0 Å². The average Bonchev–Trinajstić information content (AvgIpc) is 2.89. The highest BCUT2D eigenvalue weighted by Crippen LogP contribution is 2.34. The molecule has 108 valence electrons.